The molecule has 0 saturated carbocycles. The number of ether oxygens (including phenoxy) is 1. The van der Waals surface area contributed by atoms with E-state index in [1.807, 2.05) is 60.7 Å². The summed E-state index contributed by atoms with van der Waals surface area (Å²) in [6, 6.07) is 19.5. The number of aromatic nitrogens is 2. The van der Waals surface area contributed by atoms with Crippen LogP contribution in [0.1, 0.15) is 30.5 Å². The van der Waals surface area contributed by atoms with E-state index in [1.165, 1.54) is 0 Å². The van der Waals surface area contributed by atoms with E-state index in [2.05, 4.69) is 20.5 Å². The zero-order chi connectivity index (χ0) is 24.7. The van der Waals surface area contributed by atoms with Crippen LogP contribution in [-0.2, 0) is 6.42 Å². The summed E-state index contributed by atoms with van der Waals surface area (Å²) in [7, 11) is 0. The van der Waals surface area contributed by atoms with Crippen molar-refractivity contribution < 1.29 is 13.5 Å². The second-order valence-corrected chi connectivity index (χ2v) is 8.69. The maximum absolute atomic E-state index is 15.5. The lowest BCUT2D eigenvalue weighted by Gasteiger charge is -2.30. The number of nitrogens with zero attached hydrogens (tertiary/aromatic N) is 4. The zero-order valence-electron chi connectivity index (χ0n) is 19.8. The first-order valence-electron chi connectivity index (χ1n) is 12.1. The maximum Gasteiger partial charge on any atom is 0.254 e. The lowest BCUT2D eigenvalue weighted by Crippen LogP contribution is -2.31. The van der Waals surface area contributed by atoms with E-state index >= 15 is 8.78 Å². The highest BCUT2D eigenvalue weighted by Crippen LogP contribution is 2.35. The monoisotopic (exact) mass is 487 g/mol. The molecule has 6 nitrogen and oxygen atoms in total. The quantitative estimate of drug-likeness (QED) is 0.245. The second kappa shape index (κ2) is 11.1. The molecule has 184 valence electrons. The number of nitrogens with one attached hydrogen (secondary N) is 1. The van der Waals surface area contributed by atoms with Crippen LogP contribution in [0.15, 0.2) is 72.0 Å². The van der Waals surface area contributed by atoms with E-state index in [0.717, 1.165) is 41.3 Å². The number of benzene rings is 2. The molecule has 0 amide bonds. The van der Waals surface area contributed by atoms with Gasteiger partial charge in [-0.05, 0) is 53.8 Å². The standard InChI is InChI=1S/C28H27F2N5O/c29-24-26(35-15-6-1-7-16-35)25(30)28(36-17-13-23-10-4-5-14-31-23)33-27(24)34-32-19-20-11-12-21-8-2-3-9-22(21)18-20/h2-5,8-12,14,18-19H,1,6-7,13,15-17H2,(H,33,34)/b32-19+. The Morgan fingerprint density at radius 1 is 0.944 bits per heavy atom. The minimum atomic E-state index is -0.792. The van der Waals surface area contributed by atoms with Gasteiger partial charge in [-0.15, -0.1) is 0 Å². The van der Waals surface area contributed by atoms with Crippen molar-refractivity contribution in [3.63, 3.8) is 0 Å². The number of anilines is 2. The van der Waals surface area contributed by atoms with Gasteiger partial charge in [-0.1, -0.05) is 42.5 Å². The van der Waals surface area contributed by atoms with Crippen LogP contribution in [0, 0.1) is 11.6 Å². The molecule has 1 N–H and O–H groups in total. The molecule has 0 atom stereocenters. The summed E-state index contributed by atoms with van der Waals surface area (Å²) in [5, 5.41) is 6.37. The molecule has 2 aromatic heterocycles. The van der Waals surface area contributed by atoms with Gasteiger partial charge in [0.05, 0.1) is 12.8 Å². The van der Waals surface area contributed by atoms with Gasteiger partial charge in [0, 0.05) is 31.4 Å². The Morgan fingerprint density at radius 2 is 1.75 bits per heavy atom. The van der Waals surface area contributed by atoms with E-state index < -0.39 is 11.6 Å². The van der Waals surface area contributed by atoms with Crippen molar-refractivity contribution in [1.29, 1.82) is 0 Å². The SMILES string of the molecule is Fc1c(N/N=C/c2ccc3ccccc3c2)nc(OCCc2ccccn2)c(F)c1N1CCCCC1. The molecule has 1 saturated heterocycles. The van der Waals surface area contributed by atoms with Gasteiger partial charge < -0.3 is 9.64 Å². The number of rotatable bonds is 8. The van der Waals surface area contributed by atoms with Crippen LogP contribution >= 0.6 is 0 Å². The molecule has 1 aliphatic heterocycles. The third kappa shape index (κ3) is 5.43. The summed E-state index contributed by atoms with van der Waals surface area (Å²) in [5.41, 5.74) is 4.19. The van der Waals surface area contributed by atoms with Gasteiger partial charge in [0.2, 0.25) is 5.82 Å². The summed E-state index contributed by atoms with van der Waals surface area (Å²) in [4.78, 5) is 10.1. The number of hydrazone groups is 1. The normalized spacial score (nSPS) is 13.9. The number of fused-ring (bicyclic) bond motifs is 1. The molecule has 0 unspecified atom stereocenters. The molecule has 0 bridgehead atoms. The van der Waals surface area contributed by atoms with Crippen molar-refractivity contribution in [3.8, 4) is 5.88 Å². The molecule has 8 heteroatoms. The van der Waals surface area contributed by atoms with Gasteiger partial charge >= 0.3 is 0 Å². The lowest BCUT2D eigenvalue weighted by atomic mass is 10.1. The first-order valence-corrected chi connectivity index (χ1v) is 12.1. The van der Waals surface area contributed by atoms with Crippen LogP contribution in [0.3, 0.4) is 0 Å². The number of piperidine rings is 1. The largest absolute Gasteiger partial charge is 0.475 e. The van der Waals surface area contributed by atoms with E-state index in [0.29, 0.717) is 19.5 Å². The molecule has 2 aromatic carbocycles. The molecule has 4 aromatic rings. The van der Waals surface area contributed by atoms with Crippen molar-refractivity contribution in [2.75, 3.05) is 30.0 Å². The highest BCUT2D eigenvalue weighted by molar-refractivity contribution is 5.90. The third-order valence-electron chi connectivity index (χ3n) is 6.18. The predicted octanol–water partition coefficient (Wildman–Crippen LogP) is 5.97. The van der Waals surface area contributed by atoms with E-state index in [-0.39, 0.29) is 24.0 Å². The summed E-state index contributed by atoms with van der Waals surface area (Å²) in [5.74, 6) is -2.00. The predicted molar refractivity (Wildman–Crippen MR) is 139 cm³/mol. The van der Waals surface area contributed by atoms with Crippen molar-refractivity contribution in [2.24, 2.45) is 5.10 Å². The molecule has 0 radical (unpaired) electrons. The molecule has 5 rings (SSSR count). The minimum absolute atomic E-state index is 0.124. The van der Waals surface area contributed by atoms with Gasteiger partial charge in [0.15, 0.2) is 11.6 Å². The Balaban J connectivity index is 1.39. The average Bonchev–Trinajstić information content (AvgIpc) is 2.92. The van der Waals surface area contributed by atoms with Crippen LogP contribution in [-0.4, -0.2) is 35.9 Å². The summed E-state index contributed by atoms with van der Waals surface area (Å²) >= 11 is 0. The summed E-state index contributed by atoms with van der Waals surface area (Å²) in [6.45, 7) is 1.31. The fourth-order valence-corrected chi connectivity index (χ4v) is 4.33. The number of pyridine rings is 2. The second-order valence-electron chi connectivity index (χ2n) is 8.69. The summed E-state index contributed by atoms with van der Waals surface area (Å²) in [6.07, 6.45) is 6.54. The minimum Gasteiger partial charge on any atom is -0.475 e. The topological polar surface area (TPSA) is 62.6 Å². The van der Waals surface area contributed by atoms with E-state index in [4.69, 9.17) is 4.74 Å². The van der Waals surface area contributed by atoms with Gasteiger partial charge in [-0.3, -0.25) is 10.4 Å². The Kier molecular flexibility index (Phi) is 7.30. The third-order valence-corrected chi connectivity index (χ3v) is 6.18. The highest BCUT2D eigenvalue weighted by Gasteiger charge is 2.27. The Hall–Kier alpha value is -4.07. The first-order chi connectivity index (χ1) is 17.7. The van der Waals surface area contributed by atoms with Crippen LogP contribution < -0.4 is 15.1 Å². The number of hydrogen-bond donors (Lipinski definition) is 1. The maximum atomic E-state index is 15.5. The molecular weight excluding hydrogens is 460 g/mol. The molecular formula is C28H27F2N5O. The van der Waals surface area contributed by atoms with Crippen LogP contribution in [0.4, 0.5) is 20.3 Å². The number of halogens is 2. The Bertz CT molecular complexity index is 1360. The summed E-state index contributed by atoms with van der Waals surface area (Å²) < 4.78 is 36.6. The van der Waals surface area contributed by atoms with Crippen molar-refractivity contribution >= 4 is 28.5 Å². The van der Waals surface area contributed by atoms with Gasteiger partial charge in [-0.2, -0.15) is 14.5 Å². The molecule has 36 heavy (non-hydrogen) atoms. The highest BCUT2D eigenvalue weighted by atomic mass is 19.1. The smallest absolute Gasteiger partial charge is 0.254 e. The van der Waals surface area contributed by atoms with Gasteiger partial charge in [-0.25, -0.2) is 4.39 Å². The van der Waals surface area contributed by atoms with Crippen molar-refractivity contribution in [2.45, 2.75) is 25.7 Å². The van der Waals surface area contributed by atoms with Gasteiger partial charge in [0.1, 0.15) is 5.69 Å². The fourth-order valence-electron chi connectivity index (χ4n) is 4.33. The fraction of sp³-hybridized carbons (Fsp3) is 0.250. The Morgan fingerprint density at radius 3 is 2.56 bits per heavy atom. The van der Waals surface area contributed by atoms with E-state index in [1.54, 1.807) is 17.3 Å². The Labute approximate surface area is 208 Å². The zero-order valence-corrected chi connectivity index (χ0v) is 19.8. The average molecular weight is 488 g/mol. The van der Waals surface area contributed by atoms with Crippen LogP contribution in [0.25, 0.3) is 10.8 Å². The first kappa shape index (κ1) is 23.7. The van der Waals surface area contributed by atoms with Crippen LogP contribution in [0.2, 0.25) is 0 Å². The molecule has 1 aliphatic rings. The number of hydrogen-bond acceptors (Lipinski definition) is 6. The van der Waals surface area contributed by atoms with Crippen molar-refractivity contribution in [1.82, 2.24) is 9.97 Å². The molecule has 3 heterocycles. The lowest BCUT2D eigenvalue weighted by molar-refractivity contribution is 0.290. The van der Waals surface area contributed by atoms with Crippen LogP contribution in [0.5, 0.6) is 5.88 Å². The molecule has 0 aliphatic carbocycles. The van der Waals surface area contributed by atoms with Gasteiger partial charge in [0.25, 0.3) is 5.88 Å². The van der Waals surface area contributed by atoms with Crippen molar-refractivity contribution in [3.05, 3.63) is 89.8 Å². The molecule has 1 fully saturated rings. The molecule has 0 spiro atoms. The van der Waals surface area contributed by atoms with E-state index in [9.17, 15) is 0 Å².